The maximum absolute atomic E-state index is 13.8. The summed E-state index contributed by atoms with van der Waals surface area (Å²) >= 11 is 0. The minimum atomic E-state index is 0.0387. The Balaban J connectivity index is 1.58. The van der Waals surface area contributed by atoms with E-state index >= 15 is 0 Å². The van der Waals surface area contributed by atoms with Crippen molar-refractivity contribution in [2.24, 2.45) is 0 Å². The molecule has 0 spiro atoms. The Morgan fingerprint density at radius 3 is 2.21 bits per heavy atom. The summed E-state index contributed by atoms with van der Waals surface area (Å²) < 4.78 is 1.83. The number of nitrogens with zero attached hydrogens (tertiary/aromatic N) is 4. The van der Waals surface area contributed by atoms with E-state index in [-0.39, 0.29) is 5.56 Å². The van der Waals surface area contributed by atoms with Crippen molar-refractivity contribution < 1.29 is 0 Å². The number of rotatable bonds is 5. The van der Waals surface area contributed by atoms with Crippen LogP contribution in [0, 0.1) is 13.8 Å². The van der Waals surface area contributed by atoms with Gasteiger partial charge in [-0.25, -0.2) is 4.98 Å². The van der Waals surface area contributed by atoms with Crippen molar-refractivity contribution in [3.63, 3.8) is 0 Å². The minimum absolute atomic E-state index is 0.0387. The minimum Gasteiger partial charge on any atom is -0.298 e. The van der Waals surface area contributed by atoms with E-state index in [0.29, 0.717) is 25.7 Å². The Morgan fingerprint density at radius 2 is 1.52 bits per heavy atom. The average Bonchev–Trinajstić information content (AvgIpc) is 2.83. The van der Waals surface area contributed by atoms with E-state index in [2.05, 4.69) is 77.4 Å². The predicted octanol–water partition coefficient (Wildman–Crippen LogP) is 5.02. The molecule has 5 rings (SSSR count). The van der Waals surface area contributed by atoms with Crippen molar-refractivity contribution in [1.29, 1.82) is 0 Å². The molecule has 0 amide bonds. The third kappa shape index (κ3) is 4.45. The molecule has 0 saturated carbocycles. The number of aryl methyl sites for hydroxylation is 2. The van der Waals surface area contributed by atoms with Crippen molar-refractivity contribution in [1.82, 2.24) is 14.5 Å². The van der Waals surface area contributed by atoms with Crippen LogP contribution in [0.25, 0.3) is 0 Å². The van der Waals surface area contributed by atoms with Gasteiger partial charge in [0, 0.05) is 24.2 Å². The van der Waals surface area contributed by atoms with Gasteiger partial charge in [-0.05, 0) is 42.7 Å². The van der Waals surface area contributed by atoms with Crippen LogP contribution in [0.2, 0.25) is 0 Å². The van der Waals surface area contributed by atoms with Crippen LogP contribution in [-0.2, 0) is 19.6 Å². The highest BCUT2D eigenvalue weighted by Crippen LogP contribution is 2.29. The van der Waals surface area contributed by atoms with Gasteiger partial charge < -0.3 is 0 Å². The van der Waals surface area contributed by atoms with Crippen LogP contribution in [0.4, 0.5) is 11.6 Å². The Bertz CT molecular complexity index is 1320. The lowest BCUT2D eigenvalue weighted by molar-refractivity contribution is 0.190. The average molecular weight is 437 g/mol. The zero-order valence-corrected chi connectivity index (χ0v) is 19.1. The van der Waals surface area contributed by atoms with Crippen molar-refractivity contribution in [2.75, 3.05) is 11.6 Å². The van der Waals surface area contributed by atoms with Crippen LogP contribution in [0.3, 0.4) is 0 Å². The van der Waals surface area contributed by atoms with Gasteiger partial charge in [-0.3, -0.25) is 19.2 Å². The second-order valence-corrected chi connectivity index (χ2v) is 8.74. The molecule has 33 heavy (non-hydrogen) atoms. The third-order valence-corrected chi connectivity index (χ3v) is 6.16. The van der Waals surface area contributed by atoms with Gasteiger partial charge in [0.25, 0.3) is 5.56 Å². The van der Waals surface area contributed by atoms with E-state index in [0.717, 1.165) is 29.1 Å². The zero-order valence-electron chi connectivity index (χ0n) is 19.1. The Kier molecular flexibility index (Phi) is 5.80. The van der Waals surface area contributed by atoms with Crippen molar-refractivity contribution in [3.05, 3.63) is 123 Å². The molecule has 5 heteroatoms. The summed E-state index contributed by atoms with van der Waals surface area (Å²) in [6.07, 6.45) is 0.585. The maximum atomic E-state index is 13.8. The molecular formula is C28H28N4O. The normalized spacial score (nSPS) is 13.7. The van der Waals surface area contributed by atoms with Crippen LogP contribution in [0.15, 0.2) is 89.7 Å². The second kappa shape index (κ2) is 9.04. The molecule has 1 aliphatic rings. The molecule has 4 aromatic rings. The van der Waals surface area contributed by atoms with Crippen LogP contribution in [-0.4, -0.2) is 21.1 Å². The van der Waals surface area contributed by atoms with E-state index in [1.54, 1.807) is 0 Å². The van der Waals surface area contributed by atoms with Gasteiger partial charge in [0.15, 0.2) is 0 Å². The molecule has 166 valence electrons. The van der Waals surface area contributed by atoms with Crippen LogP contribution in [0.5, 0.6) is 0 Å². The number of aromatic nitrogens is 2. The smallest absolute Gasteiger partial charge is 0.259 e. The van der Waals surface area contributed by atoms with Gasteiger partial charge >= 0.3 is 0 Å². The molecule has 0 aliphatic carbocycles. The highest BCUT2D eigenvalue weighted by atomic mass is 16.1. The van der Waals surface area contributed by atoms with E-state index in [1.165, 1.54) is 11.1 Å². The number of anilines is 2. The van der Waals surface area contributed by atoms with Gasteiger partial charge in [0.1, 0.15) is 0 Å². The van der Waals surface area contributed by atoms with Crippen LogP contribution in [0.1, 0.15) is 27.9 Å². The SMILES string of the molecule is Cc1cccc(N2CN(Cc3ccccc3)Cn3c2nc(C)c(Cc2ccccc2)c3=O)c1. The lowest BCUT2D eigenvalue weighted by Gasteiger charge is -2.38. The van der Waals surface area contributed by atoms with E-state index in [1.807, 2.05) is 35.8 Å². The summed E-state index contributed by atoms with van der Waals surface area (Å²) in [5.41, 5.74) is 6.16. The molecule has 2 heterocycles. The summed E-state index contributed by atoms with van der Waals surface area (Å²) in [5.74, 6) is 0.712. The van der Waals surface area contributed by atoms with Crippen molar-refractivity contribution in [3.8, 4) is 0 Å². The summed E-state index contributed by atoms with van der Waals surface area (Å²) in [4.78, 5) is 23.2. The highest BCUT2D eigenvalue weighted by molar-refractivity contribution is 5.59. The lowest BCUT2D eigenvalue weighted by Crippen LogP contribution is -2.47. The third-order valence-electron chi connectivity index (χ3n) is 6.16. The van der Waals surface area contributed by atoms with E-state index in [4.69, 9.17) is 4.98 Å². The van der Waals surface area contributed by atoms with Crippen LogP contribution >= 0.6 is 0 Å². The molecule has 1 aliphatic heterocycles. The van der Waals surface area contributed by atoms with Gasteiger partial charge in [-0.15, -0.1) is 0 Å². The fraction of sp³-hybridized carbons (Fsp3) is 0.214. The standard InChI is InChI=1S/C28H28N4O/c1-21-10-9-15-25(16-21)31-19-30(18-24-13-7-4-8-14-24)20-32-27(33)26(22(2)29-28(31)32)17-23-11-5-3-6-12-23/h3-16H,17-20H2,1-2H3. The summed E-state index contributed by atoms with van der Waals surface area (Å²) in [6.45, 7) is 5.98. The highest BCUT2D eigenvalue weighted by Gasteiger charge is 2.28. The molecular weight excluding hydrogens is 408 g/mol. The fourth-order valence-corrected chi connectivity index (χ4v) is 4.47. The number of hydrogen-bond acceptors (Lipinski definition) is 4. The Labute approximate surface area is 194 Å². The fourth-order valence-electron chi connectivity index (χ4n) is 4.47. The number of hydrogen-bond donors (Lipinski definition) is 0. The summed E-state index contributed by atoms with van der Waals surface area (Å²) in [6, 6.07) is 28.9. The zero-order chi connectivity index (χ0) is 22.8. The topological polar surface area (TPSA) is 41.4 Å². The maximum Gasteiger partial charge on any atom is 0.259 e. The van der Waals surface area contributed by atoms with Gasteiger partial charge in [-0.2, -0.15) is 0 Å². The molecule has 0 unspecified atom stereocenters. The Morgan fingerprint density at radius 1 is 0.818 bits per heavy atom. The van der Waals surface area contributed by atoms with Crippen molar-refractivity contribution in [2.45, 2.75) is 33.5 Å². The largest absolute Gasteiger partial charge is 0.298 e. The van der Waals surface area contributed by atoms with Gasteiger partial charge in [0.05, 0.1) is 19.0 Å². The molecule has 1 aromatic heterocycles. The molecule has 5 nitrogen and oxygen atoms in total. The Hall–Kier alpha value is -3.70. The molecule has 0 radical (unpaired) electrons. The van der Waals surface area contributed by atoms with E-state index in [9.17, 15) is 4.79 Å². The van der Waals surface area contributed by atoms with Crippen molar-refractivity contribution >= 4 is 11.6 Å². The van der Waals surface area contributed by atoms with Gasteiger partial charge in [-0.1, -0.05) is 72.8 Å². The monoisotopic (exact) mass is 436 g/mol. The first-order valence-corrected chi connectivity index (χ1v) is 11.3. The first-order valence-electron chi connectivity index (χ1n) is 11.3. The molecule has 0 bridgehead atoms. The quantitative estimate of drug-likeness (QED) is 0.441. The molecule has 3 aromatic carbocycles. The van der Waals surface area contributed by atoms with E-state index < -0.39 is 0 Å². The number of benzene rings is 3. The van der Waals surface area contributed by atoms with Crippen LogP contribution < -0.4 is 10.5 Å². The first-order chi connectivity index (χ1) is 16.1. The molecule has 0 fully saturated rings. The molecule has 0 atom stereocenters. The molecule has 0 N–H and O–H groups in total. The second-order valence-electron chi connectivity index (χ2n) is 8.74. The molecule has 0 saturated heterocycles. The first kappa shape index (κ1) is 21.2. The lowest BCUT2D eigenvalue weighted by atomic mass is 10.1. The van der Waals surface area contributed by atoms with Gasteiger partial charge in [0.2, 0.25) is 5.95 Å². The number of fused-ring (bicyclic) bond motifs is 1. The predicted molar refractivity (Wildman–Crippen MR) is 133 cm³/mol. The summed E-state index contributed by atoms with van der Waals surface area (Å²) in [5, 5.41) is 0. The summed E-state index contributed by atoms with van der Waals surface area (Å²) in [7, 11) is 0.